The van der Waals surface area contributed by atoms with Gasteiger partial charge in [-0.05, 0) is 37.6 Å². The lowest BCUT2D eigenvalue weighted by Gasteiger charge is -2.34. The van der Waals surface area contributed by atoms with E-state index in [9.17, 15) is 4.79 Å². The highest BCUT2D eigenvalue weighted by atomic mass is 16.5. The van der Waals surface area contributed by atoms with Crippen molar-refractivity contribution < 1.29 is 9.53 Å². The average molecular weight is 347 g/mol. The van der Waals surface area contributed by atoms with Crippen LogP contribution in [0.25, 0.3) is 5.69 Å². The minimum Gasteiger partial charge on any atom is -0.486 e. The second-order valence-corrected chi connectivity index (χ2v) is 6.47. The normalized spacial score (nSPS) is 16.1. The van der Waals surface area contributed by atoms with Gasteiger partial charge in [0, 0.05) is 11.8 Å². The molecule has 2 aromatic carbocycles. The zero-order valence-corrected chi connectivity index (χ0v) is 14.9. The molecule has 0 aliphatic carbocycles. The molecular formula is C21H21N3O2. The summed E-state index contributed by atoms with van der Waals surface area (Å²) in [4.78, 5) is 15.1. The van der Waals surface area contributed by atoms with Gasteiger partial charge in [-0.3, -0.25) is 9.69 Å². The molecule has 1 amide bonds. The van der Waals surface area contributed by atoms with Gasteiger partial charge in [0.2, 0.25) is 0 Å². The quantitative estimate of drug-likeness (QED) is 0.719. The Morgan fingerprint density at radius 1 is 1.15 bits per heavy atom. The highest BCUT2D eigenvalue weighted by Crippen LogP contribution is 2.34. The second-order valence-electron chi connectivity index (χ2n) is 6.47. The Bertz CT molecular complexity index is 933. The van der Waals surface area contributed by atoms with Gasteiger partial charge in [0.15, 0.2) is 5.69 Å². The van der Waals surface area contributed by atoms with Crippen LogP contribution in [0.5, 0.6) is 5.75 Å². The van der Waals surface area contributed by atoms with Crippen LogP contribution in [0.4, 0.5) is 5.69 Å². The number of amides is 1. The molecule has 5 nitrogen and oxygen atoms in total. The molecule has 2 heterocycles. The van der Waals surface area contributed by atoms with Gasteiger partial charge in [0.05, 0.1) is 17.9 Å². The summed E-state index contributed by atoms with van der Waals surface area (Å²) >= 11 is 0. The van der Waals surface area contributed by atoms with Crippen molar-refractivity contribution in [3.05, 3.63) is 72.1 Å². The van der Waals surface area contributed by atoms with Gasteiger partial charge in [-0.25, -0.2) is 4.68 Å². The summed E-state index contributed by atoms with van der Waals surface area (Å²) in [6.45, 7) is 4.52. The van der Waals surface area contributed by atoms with E-state index >= 15 is 0 Å². The van der Waals surface area contributed by atoms with Crippen molar-refractivity contribution >= 4 is 11.6 Å². The molecule has 0 bridgehead atoms. The molecule has 1 aromatic heterocycles. The number of para-hydroxylation sites is 3. The summed E-state index contributed by atoms with van der Waals surface area (Å²) in [6.07, 6.45) is 2.73. The molecular weight excluding hydrogens is 326 g/mol. The van der Waals surface area contributed by atoms with Crippen molar-refractivity contribution in [1.29, 1.82) is 0 Å². The molecule has 0 saturated carbocycles. The number of hydrogen-bond donors (Lipinski definition) is 0. The monoisotopic (exact) mass is 347 g/mol. The molecule has 3 aromatic rings. The Kier molecular flexibility index (Phi) is 4.21. The molecule has 132 valence electrons. The summed E-state index contributed by atoms with van der Waals surface area (Å²) < 4.78 is 7.74. The first-order valence-electron chi connectivity index (χ1n) is 8.86. The van der Waals surface area contributed by atoms with Gasteiger partial charge in [-0.15, -0.1) is 0 Å². The average Bonchev–Trinajstić information content (AvgIpc) is 3.09. The fourth-order valence-electron chi connectivity index (χ4n) is 3.22. The molecule has 1 aliphatic rings. The maximum atomic E-state index is 13.3. The van der Waals surface area contributed by atoms with Crippen molar-refractivity contribution in [1.82, 2.24) is 9.78 Å². The number of anilines is 1. The molecule has 1 unspecified atom stereocenters. The van der Waals surface area contributed by atoms with E-state index in [2.05, 4.69) is 12.0 Å². The molecule has 1 atom stereocenters. The van der Waals surface area contributed by atoms with Gasteiger partial charge in [-0.2, -0.15) is 5.10 Å². The molecule has 5 heteroatoms. The molecule has 0 saturated heterocycles. The lowest BCUT2D eigenvalue weighted by Crippen LogP contribution is -2.43. The zero-order chi connectivity index (χ0) is 18.1. The lowest BCUT2D eigenvalue weighted by molar-refractivity contribution is 0.0948. The number of hydrogen-bond acceptors (Lipinski definition) is 3. The largest absolute Gasteiger partial charge is 0.486 e. The molecule has 0 N–H and O–H groups in total. The van der Waals surface area contributed by atoms with Crippen LogP contribution in [-0.4, -0.2) is 28.3 Å². The Labute approximate surface area is 152 Å². The van der Waals surface area contributed by atoms with E-state index in [0.29, 0.717) is 12.2 Å². The Balaban J connectivity index is 1.71. The maximum absolute atomic E-state index is 13.3. The van der Waals surface area contributed by atoms with Crippen molar-refractivity contribution in [2.45, 2.75) is 26.4 Å². The van der Waals surface area contributed by atoms with E-state index in [1.54, 1.807) is 9.58 Å². The number of aromatic nitrogens is 2. The van der Waals surface area contributed by atoms with E-state index in [-0.39, 0.29) is 12.0 Å². The first kappa shape index (κ1) is 16.4. The molecule has 0 fully saturated rings. The van der Waals surface area contributed by atoms with Crippen LogP contribution in [0.2, 0.25) is 0 Å². The smallest absolute Gasteiger partial charge is 0.279 e. The van der Waals surface area contributed by atoms with Gasteiger partial charge in [0.1, 0.15) is 11.9 Å². The summed E-state index contributed by atoms with van der Waals surface area (Å²) in [7, 11) is 0. The van der Waals surface area contributed by atoms with E-state index in [0.717, 1.165) is 29.1 Å². The van der Waals surface area contributed by atoms with Crippen LogP contribution < -0.4 is 9.64 Å². The van der Waals surface area contributed by atoms with Crippen LogP contribution in [0.1, 0.15) is 29.4 Å². The van der Waals surface area contributed by atoms with Crippen molar-refractivity contribution in [3.63, 3.8) is 0 Å². The molecule has 1 aliphatic heterocycles. The summed E-state index contributed by atoms with van der Waals surface area (Å²) in [5.41, 5.74) is 3.07. The SMILES string of the molecule is CCC1CN(C(=O)c2nn(-c3ccccc3)cc2C)c2ccccc2O1. The summed E-state index contributed by atoms with van der Waals surface area (Å²) in [5, 5.41) is 4.56. The number of fused-ring (bicyclic) bond motifs is 1. The Hall–Kier alpha value is -3.08. The van der Waals surface area contributed by atoms with Crippen LogP contribution in [0.3, 0.4) is 0 Å². The fourth-order valence-corrected chi connectivity index (χ4v) is 3.22. The third-order valence-corrected chi connectivity index (χ3v) is 4.66. The number of carbonyl (C=O) groups is 1. The minimum atomic E-state index is -0.0913. The zero-order valence-electron chi connectivity index (χ0n) is 14.9. The maximum Gasteiger partial charge on any atom is 0.279 e. The Morgan fingerprint density at radius 2 is 1.88 bits per heavy atom. The number of rotatable bonds is 3. The van der Waals surface area contributed by atoms with E-state index in [1.807, 2.05) is 67.7 Å². The highest BCUT2D eigenvalue weighted by molar-refractivity contribution is 6.06. The second kappa shape index (κ2) is 6.67. The summed E-state index contributed by atoms with van der Waals surface area (Å²) in [5.74, 6) is 0.658. The third kappa shape index (κ3) is 2.86. The van der Waals surface area contributed by atoms with Gasteiger partial charge >= 0.3 is 0 Å². The molecule has 0 radical (unpaired) electrons. The lowest BCUT2D eigenvalue weighted by atomic mass is 10.1. The van der Waals surface area contributed by atoms with Crippen molar-refractivity contribution in [2.75, 3.05) is 11.4 Å². The fraction of sp³-hybridized carbons (Fsp3) is 0.238. The van der Waals surface area contributed by atoms with Gasteiger partial charge < -0.3 is 4.74 Å². The third-order valence-electron chi connectivity index (χ3n) is 4.66. The van der Waals surface area contributed by atoms with Crippen LogP contribution in [-0.2, 0) is 0 Å². The van der Waals surface area contributed by atoms with E-state index < -0.39 is 0 Å². The number of nitrogens with zero attached hydrogens (tertiary/aromatic N) is 3. The summed E-state index contributed by atoms with van der Waals surface area (Å²) in [6, 6.07) is 17.5. The standard InChI is InChI=1S/C21H21N3O2/c1-3-17-14-23(18-11-7-8-12-19(18)26-17)21(25)20-15(2)13-24(22-20)16-9-5-4-6-10-16/h4-13,17H,3,14H2,1-2H3. The number of benzene rings is 2. The molecule has 26 heavy (non-hydrogen) atoms. The van der Waals surface area contributed by atoms with Crippen molar-refractivity contribution in [3.8, 4) is 11.4 Å². The molecule has 4 rings (SSSR count). The Morgan fingerprint density at radius 3 is 2.65 bits per heavy atom. The first-order chi connectivity index (χ1) is 12.7. The van der Waals surface area contributed by atoms with Crippen LogP contribution in [0.15, 0.2) is 60.8 Å². The first-order valence-corrected chi connectivity index (χ1v) is 8.86. The highest BCUT2D eigenvalue weighted by Gasteiger charge is 2.31. The van der Waals surface area contributed by atoms with Crippen LogP contribution >= 0.6 is 0 Å². The van der Waals surface area contributed by atoms with E-state index in [4.69, 9.17) is 4.74 Å². The van der Waals surface area contributed by atoms with Crippen LogP contribution in [0, 0.1) is 6.92 Å². The molecule has 0 spiro atoms. The number of carbonyl (C=O) groups excluding carboxylic acids is 1. The number of ether oxygens (including phenoxy) is 1. The van der Waals surface area contributed by atoms with Gasteiger partial charge in [-0.1, -0.05) is 37.3 Å². The predicted molar refractivity (Wildman–Crippen MR) is 101 cm³/mol. The van der Waals surface area contributed by atoms with Gasteiger partial charge in [0.25, 0.3) is 5.91 Å². The minimum absolute atomic E-state index is 0.00892. The van der Waals surface area contributed by atoms with E-state index in [1.165, 1.54) is 0 Å². The van der Waals surface area contributed by atoms with Crippen molar-refractivity contribution in [2.24, 2.45) is 0 Å². The number of aryl methyl sites for hydroxylation is 1. The topological polar surface area (TPSA) is 47.4 Å². The predicted octanol–water partition coefficient (Wildman–Crippen LogP) is 4.00.